The van der Waals surface area contributed by atoms with Crippen molar-refractivity contribution in [3.05, 3.63) is 0 Å². The van der Waals surface area contributed by atoms with Crippen molar-refractivity contribution < 1.29 is 18.0 Å². The minimum atomic E-state index is -4.73. The number of carbonyl (C=O) groups excluding carboxylic acids is 1. The topological polar surface area (TPSA) is 17.1 Å². The van der Waals surface area contributed by atoms with Crippen molar-refractivity contribution in [1.82, 2.24) is 0 Å². The summed E-state index contributed by atoms with van der Waals surface area (Å²) in [6.07, 6.45) is -4.73. The average Bonchev–Trinajstić information content (AvgIpc) is 1.31. The third kappa shape index (κ3) is 2.38. The van der Waals surface area contributed by atoms with Crippen LogP contribution >= 0.6 is 0 Å². The molecule has 0 aromatic rings. The first kappa shape index (κ1) is 6.68. The van der Waals surface area contributed by atoms with Gasteiger partial charge >= 0.3 is 6.18 Å². The van der Waals surface area contributed by atoms with Crippen LogP contribution in [0.25, 0.3) is 0 Å². The highest BCUT2D eigenvalue weighted by Crippen LogP contribution is 2.12. The molecule has 39 valence electrons. The zero-order valence-corrected chi connectivity index (χ0v) is 4.04. The lowest BCUT2D eigenvalue weighted by Crippen LogP contribution is -2.21. The normalized spacial score (nSPS) is 11.4. The molecule has 0 spiro atoms. The summed E-state index contributed by atoms with van der Waals surface area (Å²) in [6, 6.07) is 0. The number of rotatable bonds is 0. The van der Waals surface area contributed by atoms with Crippen molar-refractivity contribution in [3.63, 3.8) is 0 Å². The fourth-order valence-electron chi connectivity index (χ4n) is 0. The number of alkyl halides is 3. The number of hydrogen-bond donors (Lipinski definition) is 0. The van der Waals surface area contributed by atoms with Crippen LogP contribution in [0.15, 0.2) is 0 Å². The highest BCUT2D eigenvalue weighted by atomic mass is 28.1. The Bertz CT molecular complexity index is 85.4. The van der Waals surface area contributed by atoms with Crippen LogP contribution in [-0.4, -0.2) is 21.8 Å². The number of carbonyl (C=O) groups is 1. The van der Waals surface area contributed by atoms with Gasteiger partial charge < -0.3 is 0 Å². The predicted molar refractivity (Wildman–Crippen MR) is 16.8 cm³/mol. The fourth-order valence-corrected chi connectivity index (χ4v) is 0. The summed E-state index contributed by atoms with van der Waals surface area (Å²) in [5, 5.41) is -1.95. The highest BCUT2D eigenvalue weighted by molar-refractivity contribution is 6.59. The highest BCUT2D eigenvalue weighted by Gasteiger charge is 2.33. The van der Waals surface area contributed by atoms with Crippen molar-refractivity contribution in [1.29, 1.82) is 0 Å². The minimum Gasteiger partial charge on any atom is -0.296 e. The lowest BCUT2D eigenvalue weighted by Gasteiger charge is -1.95. The summed E-state index contributed by atoms with van der Waals surface area (Å²) in [5.41, 5.74) is 0. The molecule has 0 rings (SSSR count). The van der Waals surface area contributed by atoms with E-state index in [1.807, 2.05) is 0 Å². The first-order valence-corrected chi connectivity index (χ1v) is 1.77. The van der Waals surface area contributed by atoms with Gasteiger partial charge in [0, 0.05) is 0 Å². The van der Waals surface area contributed by atoms with Gasteiger partial charge in [0.2, 0.25) is 5.41 Å². The van der Waals surface area contributed by atoms with Crippen molar-refractivity contribution in [2.45, 2.75) is 6.18 Å². The van der Waals surface area contributed by atoms with Gasteiger partial charge in [-0.3, -0.25) is 4.79 Å². The van der Waals surface area contributed by atoms with E-state index in [-0.39, 0.29) is 0 Å². The van der Waals surface area contributed by atoms with Crippen LogP contribution in [-0.2, 0) is 4.79 Å². The molecule has 0 amide bonds. The van der Waals surface area contributed by atoms with Gasteiger partial charge in [-0.2, -0.15) is 13.2 Å². The Hall–Kier alpha value is -0.323. The van der Waals surface area contributed by atoms with E-state index in [1.165, 1.54) is 0 Å². The maximum Gasteiger partial charge on any atom is 0.444 e. The fraction of sp³-hybridized carbons (Fsp3) is 0.500. The molecule has 0 bridgehead atoms. The van der Waals surface area contributed by atoms with E-state index in [2.05, 4.69) is 0 Å². The molecule has 0 fully saturated rings. The lowest BCUT2D eigenvalue weighted by molar-refractivity contribution is -0.161. The van der Waals surface area contributed by atoms with E-state index < -0.39 is 11.6 Å². The van der Waals surface area contributed by atoms with Crippen LogP contribution in [0.1, 0.15) is 0 Å². The van der Waals surface area contributed by atoms with Gasteiger partial charge in [0.15, 0.2) is 0 Å². The standard InChI is InChI=1S/C2F3OSi/c3-2(4,5)1(6)7. The smallest absolute Gasteiger partial charge is 0.296 e. The van der Waals surface area contributed by atoms with Crippen LogP contribution in [0.2, 0.25) is 0 Å². The molecule has 7 heavy (non-hydrogen) atoms. The monoisotopic (exact) mass is 125 g/mol. The molecule has 1 nitrogen and oxygen atoms in total. The van der Waals surface area contributed by atoms with E-state index in [9.17, 15) is 18.0 Å². The zero-order chi connectivity index (χ0) is 6.08. The maximum atomic E-state index is 10.8. The molecule has 0 aliphatic carbocycles. The van der Waals surface area contributed by atoms with Gasteiger partial charge in [-0.1, -0.05) is 0 Å². The second kappa shape index (κ2) is 1.65. The van der Waals surface area contributed by atoms with Gasteiger partial charge in [0.05, 0.1) is 0 Å². The Balaban J connectivity index is 3.79. The summed E-state index contributed by atoms with van der Waals surface area (Å²) in [5.74, 6) is 0. The van der Waals surface area contributed by atoms with Gasteiger partial charge in [-0.25, -0.2) is 0 Å². The van der Waals surface area contributed by atoms with Crippen molar-refractivity contribution in [3.8, 4) is 0 Å². The summed E-state index contributed by atoms with van der Waals surface area (Å²) < 4.78 is 32.3. The van der Waals surface area contributed by atoms with E-state index >= 15 is 0 Å². The van der Waals surface area contributed by atoms with E-state index in [0.717, 1.165) is 0 Å². The molecular formula is C2F3OSi. The van der Waals surface area contributed by atoms with Crippen LogP contribution in [0.4, 0.5) is 13.2 Å². The first-order valence-electron chi connectivity index (χ1n) is 1.27. The summed E-state index contributed by atoms with van der Waals surface area (Å²) in [7, 11) is 1.78. The molecule has 5 heteroatoms. The van der Waals surface area contributed by atoms with Gasteiger partial charge in [0.1, 0.15) is 10.2 Å². The Labute approximate surface area is 40.9 Å². The summed E-state index contributed by atoms with van der Waals surface area (Å²) in [6.45, 7) is 0. The molecule has 0 aliphatic rings. The Morgan fingerprint density at radius 1 is 1.43 bits per heavy atom. The van der Waals surface area contributed by atoms with Crippen LogP contribution < -0.4 is 0 Å². The predicted octanol–water partition coefficient (Wildman–Crippen LogP) is 0.244. The van der Waals surface area contributed by atoms with E-state index in [0.29, 0.717) is 0 Å². The molecule has 0 aromatic heterocycles. The quantitative estimate of drug-likeness (QED) is 0.424. The molecular weight excluding hydrogens is 125 g/mol. The average molecular weight is 125 g/mol. The third-order valence-electron chi connectivity index (χ3n) is 0.257. The van der Waals surface area contributed by atoms with Gasteiger partial charge in [-0.05, 0) is 0 Å². The molecule has 0 saturated carbocycles. The van der Waals surface area contributed by atoms with Crippen molar-refractivity contribution >= 4 is 15.6 Å². The van der Waals surface area contributed by atoms with Crippen LogP contribution in [0.3, 0.4) is 0 Å². The zero-order valence-electron chi connectivity index (χ0n) is 3.04. The summed E-state index contributed by atoms with van der Waals surface area (Å²) in [4.78, 5) is 9.25. The molecule has 0 aliphatic heterocycles. The largest absolute Gasteiger partial charge is 0.444 e. The maximum absolute atomic E-state index is 10.8. The second-order valence-electron chi connectivity index (χ2n) is 0.827. The number of hydrogen-bond acceptors (Lipinski definition) is 1. The van der Waals surface area contributed by atoms with Gasteiger partial charge in [0.25, 0.3) is 0 Å². The van der Waals surface area contributed by atoms with Gasteiger partial charge in [-0.15, -0.1) is 0 Å². The van der Waals surface area contributed by atoms with E-state index in [1.54, 1.807) is 10.2 Å². The SMILES string of the molecule is O=C([Si])C(F)(F)F. The van der Waals surface area contributed by atoms with Crippen molar-refractivity contribution in [2.24, 2.45) is 0 Å². The third-order valence-corrected chi connectivity index (χ3v) is 0.541. The number of halogens is 3. The Morgan fingerprint density at radius 3 is 1.57 bits per heavy atom. The second-order valence-corrected chi connectivity index (χ2v) is 1.28. The van der Waals surface area contributed by atoms with Crippen LogP contribution in [0.5, 0.6) is 0 Å². The molecule has 0 heterocycles. The first-order chi connectivity index (χ1) is 2.94. The minimum absolute atomic E-state index is 1.78. The lowest BCUT2D eigenvalue weighted by atomic mass is 10.7. The van der Waals surface area contributed by atoms with Crippen molar-refractivity contribution in [2.75, 3.05) is 0 Å². The molecule has 0 aromatic carbocycles. The molecule has 0 saturated heterocycles. The molecule has 0 N–H and O–H groups in total. The molecule has 0 unspecified atom stereocenters. The molecule has 3 radical (unpaired) electrons. The van der Waals surface area contributed by atoms with E-state index in [4.69, 9.17) is 0 Å². The Kier molecular flexibility index (Phi) is 1.57. The molecule has 0 atom stereocenters. The summed E-state index contributed by atoms with van der Waals surface area (Å²) >= 11 is 0. The Morgan fingerprint density at radius 2 is 1.57 bits per heavy atom. The van der Waals surface area contributed by atoms with Crippen LogP contribution in [0, 0.1) is 0 Å².